The van der Waals surface area contributed by atoms with E-state index in [0.29, 0.717) is 0 Å². The number of unbranched alkanes of at least 4 members (excludes halogenated alkanes) is 1. The minimum atomic E-state index is -0.0549. The van der Waals surface area contributed by atoms with Crippen LogP contribution in [-0.2, 0) is 4.79 Å². The van der Waals surface area contributed by atoms with E-state index in [1.165, 1.54) is 32.1 Å². The summed E-state index contributed by atoms with van der Waals surface area (Å²) < 4.78 is 0. The minimum Gasteiger partial charge on any atom is -0.355 e. The van der Waals surface area contributed by atoms with Crippen LogP contribution in [0, 0.1) is 11.8 Å². The van der Waals surface area contributed by atoms with Crippen LogP contribution < -0.4 is 10.6 Å². The highest BCUT2D eigenvalue weighted by atomic mass is 16.2. The fraction of sp³-hybridized carbons (Fsp3) is 0.938. The van der Waals surface area contributed by atoms with Crippen molar-refractivity contribution >= 4 is 5.91 Å². The van der Waals surface area contributed by atoms with Crippen LogP contribution in [0.4, 0.5) is 0 Å². The van der Waals surface area contributed by atoms with Gasteiger partial charge >= 0.3 is 0 Å². The van der Waals surface area contributed by atoms with Crippen molar-refractivity contribution in [2.45, 2.75) is 71.8 Å². The molecule has 0 saturated heterocycles. The van der Waals surface area contributed by atoms with Crippen molar-refractivity contribution in [2.75, 3.05) is 13.1 Å². The molecule has 0 bridgehead atoms. The van der Waals surface area contributed by atoms with Gasteiger partial charge in [-0.1, -0.05) is 39.5 Å². The zero-order chi connectivity index (χ0) is 14.1. The highest BCUT2D eigenvalue weighted by Crippen LogP contribution is 2.30. The second kappa shape index (κ2) is 9.35. The topological polar surface area (TPSA) is 41.1 Å². The first-order valence-corrected chi connectivity index (χ1v) is 8.18. The summed E-state index contributed by atoms with van der Waals surface area (Å²) in [4.78, 5) is 11.8. The van der Waals surface area contributed by atoms with E-state index in [4.69, 9.17) is 0 Å². The summed E-state index contributed by atoms with van der Waals surface area (Å²) in [5.41, 5.74) is 0. The Kier molecular flexibility index (Phi) is 8.11. The molecule has 0 aliphatic heterocycles. The van der Waals surface area contributed by atoms with E-state index in [1.54, 1.807) is 0 Å². The Morgan fingerprint density at radius 2 is 1.79 bits per heavy atom. The summed E-state index contributed by atoms with van der Waals surface area (Å²) in [6, 6.07) is -0.0549. The number of rotatable bonds is 8. The van der Waals surface area contributed by atoms with Crippen molar-refractivity contribution in [3.63, 3.8) is 0 Å². The summed E-state index contributed by atoms with van der Waals surface area (Å²) in [5, 5.41) is 6.39. The molecule has 1 amide bonds. The van der Waals surface area contributed by atoms with Crippen LogP contribution >= 0.6 is 0 Å². The van der Waals surface area contributed by atoms with Crippen LogP contribution in [0.15, 0.2) is 0 Å². The quantitative estimate of drug-likeness (QED) is 0.664. The van der Waals surface area contributed by atoms with Crippen LogP contribution in [0.3, 0.4) is 0 Å². The average Bonchev–Trinajstić information content (AvgIpc) is 2.45. The van der Waals surface area contributed by atoms with E-state index in [-0.39, 0.29) is 11.9 Å². The first kappa shape index (κ1) is 16.5. The van der Waals surface area contributed by atoms with Gasteiger partial charge in [0.15, 0.2) is 0 Å². The van der Waals surface area contributed by atoms with Crippen LogP contribution in [0.25, 0.3) is 0 Å². The number of amides is 1. The Balaban J connectivity index is 2.12. The second-order valence-corrected chi connectivity index (χ2v) is 6.07. The molecule has 3 heteroatoms. The molecule has 0 aromatic carbocycles. The summed E-state index contributed by atoms with van der Waals surface area (Å²) in [6.45, 7) is 8.22. The predicted octanol–water partition coefficient (Wildman–Crippen LogP) is 3.10. The SMILES string of the molecule is CCCCNC(=O)C(C)NCC1CCC(CC)CC1. The molecule has 1 aliphatic carbocycles. The molecule has 1 saturated carbocycles. The maximum absolute atomic E-state index is 11.8. The molecule has 1 unspecified atom stereocenters. The molecule has 1 atom stereocenters. The molecule has 1 fully saturated rings. The molecule has 19 heavy (non-hydrogen) atoms. The molecule has 0 heterocycles. The van der Waals surface area contributed by atoms with E-state index in [0.717, 1.165) is 37.8 Å². The van der Waals surface area contributed by atoms with E-state index in [9.17, 15) is 4.79 Å². The Morgan fingerprint density at radius 1 is 1.16 bits per heavy atom. The van der Waals surface area contributed by atoms with Gasteiger partial charge in [0.25, 0.3) is 0 Å². The standard InChI is InChI=1S/C16H32N2O/c1-4-6-11-17-16(19)13(3)18-12-15-9-7-14(5-2)8-10-15/h13-15,18H,4-12H2,1-3H3,(H,17,19). The van der Waals surface area contributed by atoms with E-state index in [1.807, 2.05) is 6.92 Å². The smallest absolute Gasteiger partial charge is 0.236 e. The van der Waals surface area contributed by atoms with Gasteiger partial charge < -0.3 is 10.6 Å². The number of carbonyl (C=O) groups is 1. The Hall–Kier alpha value is -0.570. The van der Waals surface area contributed by atoms with Gasteiger partial charge in [0.05, 0.1) is 6.04 Å². The summed E-state index contributed by atoms with van der Waals surface area (Å²) in [5.74, 6) is 1.87. The molecule has 0 aromatic heterocycles. The maximum Gasteiger partial charge on any atom is 0.236 e. The summed E-state index contributed by atoms with van der Waals surface area (Å²) in [7, 11) is 0. The maximum atomic E-state index is 11.8. The first-order chi connectivity index (χ1) is 9.17. The summed E-state index contributed by atoms with van der Waals surface area (Å²) in [6.07, 6.45) is 8.93. The fourth-order valence-electron chi connectivity index (χ4n) is 2.82. The lowest BCUT2D eigenvalue weighted by atomic mass is 9.81. The lowest BCUT2D eigenvalue weighted by Crippen LogP contribution is -2.44. The molecule has 1 aliphatic rings. The van der Waals surface area contributed by atoms with Gasteiger partial charge in [-0.25, -0.2) is 0 Å². The lowest BCUT2D eigenvalue weighted by molar-refractivity contribution is -0.122. The van der Waals surface area contributed by atoms with Gasteiger partial charge in [-0.2, -0.15) is 0 Å². The zero-order valence-corrected chi connectivity index (χ0v) is 13.0. The number of carbonyl (C=O) groups excluding carboxylic acids is 1. The van der Waals surface area contributed by atoms with Crippen molar-refractivity contribution in [3.05, 3.63) is 0 Å². The molecule has 0 aromatic rings. The zero-order valence-electron chi connectivity index (χ0n) is 13.0. The first-order valence-electron chi connectivity index (χ1n) is 8.18. The molecule has 3 nitrogen and oxygen atoms in total. The molecular formula is C16H32N2O. The van der Waals surface area contributed by atoms with Gasteiger partial charge in [-0.3, -0.25) is 4.79 Å². The molecular weight excluding hydrogens is 236 g/mol. The van der Waals surface area contributed by atoms with Gasteiger partial charge in [0.2, 0.25) is 5.91 Å². The Bertz CT molecular complexity index is 247. The van der Waals surface area contributed by atoms with Crippen molar-refractivity contribution in [1.29, 1.82) is 0 Å². The third kappa shape index (κ3) is 6.42. The van der Waals surface area contributed by atoms with Gasteiger partial charge in [0, 0.05) is 6.54 Å². The molecule has 0 radical (unpaired) electrons. The largest absolute Gasteiger partial charge is 0.355 e. The van der Waals surface area contributed by atoms with Crippen molar-refractivity contribution in [1.82, 2.24) is 10.6 Å². The van der Waals surface area contributed by atoms with E-state index >= 15 is 0 Å². The lowest BCUT2D eigenvalue weighted by Gasteiger charge is -2.28. The van der Waals surface area contributed by atoms with Gasteiger partial charge in [0.1, 0.15) is 0 Å². The fourth-order valence-corrected chi connectivity index (χ4v) is 2.82. The normalized spacial score (nSPS) is 25.0. The molecule has 1 rings (SSSR count). The molecule has 0 spiro atoms. The number of hydrogen-bond donors (Lipinski definition) is 2. The number of nitrogens with one attached hydrogen (secondary N) is 2. The predicted molar refractivity (Wildman–Crippen MR) is 81.1 cm³/mol. The van der Waals surface area contributed by atoms with Crippen molar-refractivity contribution in [2.24, 2.45) is 11.8 Å². The van der Waals surface area contributed by atoms with Crippen molar-refractivity contribution < 1.29 is 4.79 Å². The monoisotopic (exact) mass is 268 g/mol. The third-order valence-electron chi connectivity index (χ3n) is 4.48. The van der Waals surface area contributed by atoms with E-state index < -0.39 is 0 Å². The van der Waals surface area contributed by atoms with Crippen LogP contribution in [-0.4, -0.2) is 25.0 Å². The van der Waals surface area contributed by atoms with Crippen LogP contribution in [0.2, 0.25) is 0 Å². The Morgan fingerprint density at radius 3 is 2.37 bits per heavy atom. The van der Waals surface area contributed by atoms with Gasteiger partial charge in [-0.05, 0) is 44.6 Å². The molecule has 112 valence electrons. The highest BCUT2D eigenvalue weighted by molar-refractivity contribution is 5.81. The molecule has 2 N–H and O–H groups in total. The number of hydrogen-bond acceptors (Lipinski definition) is 2. The second-order valence-electron chi connectivity index (χ2n) is 6.07. The van der Waals surface area contributed by atoms with Crippen LogP contribution in [0.1, 0.15) is 65.7 Å². The van der Waals surface area contributed by atoms with Gasteiger partial charge in [-0.15, -0.1) is 0 Å². The average molecular weight is 268 g/mol. The van der Waals surface area contributed by atoms with E-state index in [2.05, 4.69) is 24.5 Å². The highest BCUT2D eigenvalue weighted by Gasteiger charge is 2.21. The minimum absolute atomic E-state index is 0.0549. The Labute approximate surface area is 118 Å². The van der Waals surface area contributed by atoms with Crippen molar-refractivity contribution in [3.8, 4) is 0 Å². The third-order valence-corrected chi connectivity index (χ3v) is 4.48. The van der Waals surface area contributed by atoms with Crippen LogP contribution in [0.5, 0.6) is 0 Å². The summed E-state index contributed by atoms with van der Waals surface area (Å²) >= 11 is 0.